The van der Waals surface area contributed by atoms with Crippen molar-refractivity contribution < 1.29 is 0 Å². The van der Waals surface area contributed by atoms with Gasteiger partial charge in [-0.05, 0) is 17.7 Å². The van der Waals surface area contributed by atoms with Crippen molar-refractivity contribution in [3.05, 3.63) is 47.9 Å². The Kier molecular flexibility index (Phi) is 2.38. The molecule has 15 heavy (non-hydrogen) atoms. The number of imidazole rings is 1. The molecule has 4 nitrogen and oxygen atoms in total. The second-order valence-corrected chi connectivity index (χ2v) is 3.28. The number of aromatic nitrogens is 2. The van der Waals surface area contributed by atoms with Crippen molar-refractivity contribution in [2.24, 2.45) is 0 Å². The SMILES string of the molecule is N#Cc1cccc(Cn2cnc(N)c2)c1. The Morgan fingerprint density at radius 1 is 1.47 bits per heavy atom. The maximum atomic E-state index is 8.74. The molecule has 0 aliphatic heterocycles. The zero-order valence-electron chi connectivity index (χ0n) is 8.09. The lowest BCUT2D eigenvalue weighted by molar-refractivity contribution is 0.797. The van der Waals surface area contributed by atoms with Crippen LogP contribution in [0.25, 0.3) is 0 Å². The van der Waals surface area contributed by atoms with E-state index in [4.69, 9.17) is 11.0 Å². The average molecular weight is 198 g/mol. The molecule has 0 amide bonds. The number of hydrogen-bond acceptors (Lipinski definition) is 3. The monoisotopic (exact) mass is 198 g/mol. The van der Waals surface area contributed by atoms with Gasteiger partial charge in [0.05, 0.1) is 18.0 Å². The predicted molar refractivity (Wildman–Crippen MR) is 56.9 cm³/mol. The molecule has 1 heterocycles. The van der Waals surface area contributed by atoms with Crippen LogP contribution in [0.4, 0.5) is 5.82 Å². The standard InChI is InChI=1S/C11H10N4/c12-5-9-2-1-3-10(4-9)6-15-7-11(13)14-8-15/h1-4,7-8H,6,13H2. The average Bonchev–Trinajstić information content (AvgIpc) is 2.64. The van der Waals surface area contributed by atoms with E-state index in [1.165, 1.54) is 0 Å². The highest BCUT2D eigenvalue weighted by molar-refractivity contribution is 5.33. The molecule has 4 heteroatoms. The lowest BCUT2D eigenvalue weighted by Crippen LogP contribution is -1.96. The van der Waals surface area contributed by atoms with E-state index in [0.717, 1.165) is 5.56 Å². The zero-order chi connectivity index (χ0) is 10.7. The Bertz CT molecular complexity index is 507. The van der Waals surface area contributed by atoms with Crippen LogP contribution in [-0.2, 0) is 6.54 Å². The van der Waals surface area contributed by atoms with E-state index >= 15 is 0 Å². The summed E-state index contributed by atoms with van der Waals surface area (Å²) in [6.45, 7) is 0.680. The first kappa shape index (κ1) is 9.28. The Balaban J connectivity index is 2.21. The predicted octanol–water partition coefficient (Wildman–Crippen LogP) is 1.39. The molecule has 74 valence electrons. The van der Waals surface area contributed by atoms with Gasteiger partial charge < -0.3 is 10.3 Å². The number of benzene rings is 1. The fourth-order valence-electron chi connectivity index (χ4n) is 1.41. The molecule has 2 aromatic rings. The molecule has 2 rings (SSSR count). The van der Waals surface area contributed by atoms with E-state index in [1.807, 2.05) is 22.8 Å². The molecular formula is C11H10N4. The number of hydrogen-bond donors (Lipinski definition) is 1. The van der Waals surface area contributed by atoms with Crippen molar-refractivity contribution in [3.63, 3.8) is 0 Å². The largest absolute Gasteiger partial charge is 0.382 e. The second kappa shape index (κ2) is 3.84. The molecule has 0 saturated heterocycles. The Hall–Kier alpha value is -2.28. The summed E-state index contributed by atoms with van der Waals surface area (Å²) in [5.41, 5.74) is 7.23. The highest BCUT2D eigenvalue weighted by Crippen LogP contribution is 2.07. The van der Waals surface area contributed by atoms with Gasteiger partial charge >= 0.3 is 0 Å². The van der Waals surface area contributed by atoms with Crippen molar-refractivity contribution in [2.45, 2.75) is 6.54 Å². The van der Waals surface area contributed by atoms with Gasteiger partial charge in [0.15, 0.2) is 0 Å². The summed E-state index contributed by atoms with van der Waals surface area (Å²) in [6.07, 6.45) is 3.44. The molecule has 0 fully saturated rings. The van der Waals surface area contributed by atoms with Crippen LogP contribution in [0.5, 0.6) is 0 Å². The molecule has 1 aromatic carbocycles. The third-order valence-corrected chi connectivity index (χ3v) is 2.07. The minimum absolute atomic E-state index is 0.506. The normalized spacial score (nSPS) is 9.80. The van der Waals surface area contributed by atoms with Gasteiger partial charge in [-0.2, -0.15) is 5.26 Å². The van der Waals surface area contributed by atoms with Crippen molar-refractivity contribution in [3.8, 4) is 6.07 Å². The third kappa shape index (κ3) is 2.15. The topological polar surface area (TPSA) is 67.6 Å². The molecule has 0 unspecified atom stereocenters. The van der Waals surface area contributed by atoms with Crippen LogP contribution in [0.3, 0.4) is 0 Å². The van der Waals surface area contributed by atoms with Crippen LogP contribution >= 0.6 is 0 Å². The first-order valence-electron chi connectivity index (χ1n) is 4.54. The van der Waals surface area contributed by atoms with Gasteiger partial charge in [-0.1, -0.05) is 12.1 Å². The van der Waals surface area contributed by atoms with Gasteiger partial charge in [0.1, 0.15) is 5.82 Å². The number of nitrogen functional groups attached to an aromatic ring is 1. The molecule has 0 aliphatic carbocycles. The highest BCUT2D eigenvalue weighted by Gasteiger charge is 1.97. The van der Waals surface area contributed by atoms with Gasteiger partial charge in [0.2, 0.25) is 0 Å². The fraction of sp³-hybridized carbons (Fsp3) is 0.0909. The molecule has 0 saturated carbocycles. The second-order valence-electron chi connectivity index (χ2n) is 3.28. The minimum atomic E-state index is 0.506. The molecule has 0 spiro atoms. The van der Waals surface area contributed by atoms with Gasteiger partial charge in [-0.3, -0.25) is 0 Å². The number of rotatable bonds is 2. The Morgan fingerprint density at radius 3 is 3.00 bits per heavy atom. The summed E-state index contributed by atoms with van der Waals surface area (Å²) < 4.78 is 1.88. The lowest BCUT2D eigenvalue weighted by atomic mass is 10.1. The summed E-state index contributed by atoms with van der Waals surface area (Å²) in [4.78, 5) is 3.93. The molecule has 0 atom stereocenters. The molecule has 0 bridgehead atoms. The van der Waals surface area contributed by atoms with Gasteiger partial charge in [-0.25, -0.2) is 4.98 Å². The summed E-state index contributed by atoms with van der Waals surface area (Å²) >= 11 is 0. The van der Waals surface area contributed by atoms with Crippen molar-refractivity contribution in [1.82, 2.24) is 9.55 Å². The molecule has 1 aromatic heterocycles. The van der Waals surface area contributed by atoms with E-state index in [9.17, 15) is 0 Å². The van der Waals surface area contributed by atoms with Gasteiger partial charge in [0, 0.05) is 12.7 Å². The Labute approximate surface area is 87.6 Å². The first-order chi connectivity index (χ1) is 7.28. The van der Waals surface area contributed by atoms with E-state index < -0.39 is 0 Å². The van der Waals surface area contributed by atoms with Crippen molar-refractivity contribution >= 4 is 5.82 Å². The molecule has 0 radical (unpaired) electrons. The minimum Gasteiger partial charge on any atom is -0.382 e. The van der Waals surface area contributed by atoms with Crippen LogP contribution in [0.2, 0.25) is 0 Å². The van der Waals surface area contributed by atoms with Crippen LogP contribution < -0.4 is 5.73 Å². The summed E-state index contributed by atoms with van der Waals surface area (Å²) in [7, 11) is 0. The van der Waals surface area contributed by atoms with Crippen molar-refractivity contribution in [1.29, 1.82) is 5.26 Å². The molecule has 0 aliphatic rings. The third-order valence-electron chi connectivity index (χ3n) is 2.07. The van der Waals surface area contributed by atoms with Crippen LogP contribution in [0.15, 0.2) is 36.8 Å². The van der Waals surface area contributed by atoms with Crippen molar-refractivity contribution in [2.75, 3.05) is 5.73 Å². The quantitative estimate of drug-likeness (QED) is 0.792. The van der Waals surface area contributed by atoms with Crippen LogP contribution in [0, 0.1) is 11.3 Å². The summed E-state index contributed by atoms with van der Waals surface area (Å²) in [5.74, 6) is 0.506. The van der Waals surface area contributed by atoms with E-state index in [-0.39, 0.29) is 0 Å². The van der Waals surface area contributed by atoms with Crippen LogP contribution in [-0.4, -0.2) is 9.55 Å². The zero-order valence-corrected chi connectivity index (χ0v) is 8.09. The Morgan fingerprint density at radius 2 is 2.33 bits per heavy atom. The van der Waals surface area contributed by atoms with E-state index in [0.29, 0.717) is 17.9 Å². The summed E-state index contributed by atoms with van der Waals surface area (Å²) in [5, 5.41) is 8.74. The van der Waals surface area contributed by atoms with E-state index in [1.54, 1.807) is 18.6 Å². The maximum absolute atomic E-state index is 8.74. The van der Waals surface area contributed by atoms with Gasteiger partial charge in [0.25, 0.3) is 0 Å². The molecule has 2 N–H and O–H groups in total. The number of nitriles is 1. The molecular weight excluding hydrogens is 188 g/mol. The smallest absolute Gasteiger partial charge is 0.141 e. The summed E-state index contributed by atoms with van der Waals surface area (Å²) in [6, 6.07) is 9.59. The number of nitrogens with two attached hydrogens (primary N) is 1. The maximum Gasteiger partial charge on any atom is 0.141 e. The first-order valence-corrected chi connectivity index (χ1v) is 4.54. The van der Waals surface area contributed by atoms with E-state index in [2.05, 4.69) is 11.1 Å². The highest BCUT2D eigenvalue weighted by atomic mass is 15.1. The van der Waals surface area contributed by atoms with Crippen LogP contribution in [0.1, 0.15) is 11.1 Å². The fourth-order valence-corrected chi connectivity index (χ4v) is 1.41. The lowest BCUT2D eigenvalue weighted by Gasteiger charge is -2.01. The van der Waals surface area contributed by atoms with Gasteiger partial charge in [-0.15, -0.1) is 0 Å². The number of anilines is 1. The number of nitrogens with zero attached hydrogens (tertiary/aromatic N) is 3.